The Balaban J connectivity index is 2.30. The molecule has 3 nitrogen and oxygen atoms in total. The standard InChI is InChI=1S/C12H14N2O/c1-9(7-13)15-11-6-10-4-2-3-5-12(10)14-8-11/h2-6,8-9H,7,13H2,1H3. The maximum Gasteiger partial charge on any atom is 0.138 e. The summed E-state index contributed by atoms with van der Waals surface area (Å²) in [5.41, 5.74) is 6.46. The molecule has 2 rings (SSSR count). The van der Waals surface area contributed by atoms with Crippen molar-refractivity contribution in [1.82, 2.24) is 4.98 Å². The largest absolute Gasteiger partial charge is 0.488 e. The topological polar surface area (TPSA) is 48.1 Å². The molecule has 0 aliphatic heterocycles. The number of aromatic nitrogens is 1. The van der Waals surface area contributed by atoms with Gasteiger partial charge in [-0.15, -0.1) is 0 Å². The zero-order chi connectivity index (χ0) is 10.7. The van der Waals surface area contributed by atoms with E-state index in [9.17, 15) is 0 Å². The van der Waals surface area contributed by atoms with E-state index >= 15 is 0 Å². The van der Waals surface area contributed by atoms with Gasteiger partial charge in [-0.2, -0.15) is 0 Å². The van der Waals surface area contributed by atoms with E-state index in [-0.39, 0.29) is 6.10 Å². The maximum atomic E-state index is 5.58. The number of nitrogens with two attached hydrogens (primary N) is 1. The van der Waals surface area contributed by atoms with Crippen LogP contribution in [0.2, 0.25) is 0 Å². The van der Waals surface area contributed by atoms with Crippen molar-refractivity contribution in [2.45, 2.75) is 13.0 Å². The van der Waals surface area contributed by atoms with Crippen molar-refractivity contribution in [3.8, 4) is 5.75 Å². The molecule has 15 heavy (non-hydrogen) atoms. The van der Waals surface area contributed by atoms with Gasteiger partial charge in [0.2, 0.25) is 0 Å². The predicted molar refractivity (Wildman–Crippen MR) is 60.9 cm³/mol. The van der Waals surface area contributed by atoms with Crippen LogP contribution in [-0.4, -0.2) is 17.6 Å². The number of rotatable bonds is 3. The summed E-state index contributed by atoms with van der Waals surface area (Å²) in [6.45, 7) is 2.45. The van der Waals surface area contributed by atoms with Crippen LogP contribution in [-0.2, 0) is 0 Å². The fourth-order valence-electron chi connectivity index (χ4n) is 1.40. The molecule has 0 bridgehead atoms. The summed E-state index contributed by atoms with van der Waals surface area (Å²) in [7, 11) is 0. The highest BCUT2D eigenvalue weighted by Gasteiger charge is 2.02. The third-order valence-corrected chi connectivity index (χ3v) is 2.23. The lowest BCUT2D eigenvalue weighted by molar-refractivity contribution is 0.229. The van der Waals surface area contributed by atoms with Crippen molar-refractivity contribution in [2.75, 3.05) is 6.54 Å². The molecule has 1 unspecified atom stereocenters. The summed E-state index contributed by atoms with van der Waals surface area (Å²) >= 11 is 0. The molecule has 0 saturated carbocycles. The number of fused-ring (bicyclic) bond motifs is 1. The van der Waals surface area contributed by atoms with Gasteiger partial charge < -0.3 is 10.5 Å². The van der Waals surface area contributed by atoms with Gasteiger partial charge in [-0.3, -0.25) is 4.98 Å². The second kappa shape index (κ2) is 4.28. The number of ether oxygens (including phenoxy) is 1. The molecule has 0 fully saturated rings. The number of benzene rings is 1. The van der Waals surface area contributed by atoms with E-state index < -0.39 is 0 Å². The van der Waals surface area contributed by atoms with Gasteiger partial charge in [0.1, 0.15) is 11.9 Å². The van der Waals surface area contributed by atoms with E-state index in [0.717, 1.165) is 16.7 Å². The smallest absolute Gasteiger partial charge is 0.138 e. The van der Waals surface area contributed by atoms with Crippen LogP contribution in [0.3, 0.4) is 0 Å². The van der Waals surface area contributed by atoms with Gasteiger partial charge in [0.05, 0.1) is 11.7 Å². The zero-order valence-electron chi connectivity index (χ0n) is 8.68. The maximum absolute atomic E-state index is 5.58. The molecular formula is C12H14N2O. The van der Waals surface area contributed by atoms with E-state index in [0.29, 0.717) is 6.54 Å². The van der Waals surface area contributed by atoms with E-state index in [1.807, 2.05) is 37.3 Å². The van der Waals surface area contributed by atoms with E-state index in [2.05, 4.69) is 4.98 Å². The molecule has 78 valence electrons. The number of para-hydroxylation sites is 1. The van der Waals surface area contributed by atoms with E-state index in [4.69, 9.17) is 10.5 Å². The third-order valence-electron chi connectivity index (χ3n) is 2.23. The number of hydrogen-bond donors (Lipinski definition) is 1. The molecule has 2 aromatic rings. The lowest BCUT2D eigenvalue weighted by Crippen LogP contribution is -2.22. The van der Waals surface area contributed by atoms with Crippen molar-refractivity contribution in [1.29, 1.82) is 0 Å². The van der Waals surface area contributed by atoms with Crippen LogP contribution in [0.15, 0.2) is 36.5 Å². The molecule has 0 radical (unpaired) electrons. The Morgan fingerprint density at radius 2 is 2.20 bits per heavy atom. The highest BCUT2D eigenvalue weighted by molar-refractivity contribution is 5.79. The van der Waals surface area contributed by atoms with Crippen LogP contribution in [0.25, 0.3) is 10.9 Å². The lowest BCUT2D eigenvalue weighted by atomic mass is 10.2. The summed E-state index contributed by atoms with van der Waals surface area (Å²) in [4.78, 5) is 4.30. The number of pyridine rings is 1. The predicted octanol–water partition coefficient (Wildman–Crippen LogP) is 1.96. The molecule has 0 aliphatic carbocycles. The molecule has 1 aromatic carbocycles. The van der Waals surface area contributed by atoms with Gasteiger partial charge in [0.25, 0.3) is 0 Å². The van der Waals surface area contributed by atoms with Crippen molar-refractivity contribution in [2.24, 2.45) is 5.73 Å². The minimum atomic E-state index is 0.0213. The first kappa shape index (κ1) is 9.93. The summed E-state index contributed by atoms with van der Waals surface area (Å²) < 4.78 is 5.58. The van der Waals surface area contributed by atoms with Crippen LogP contribution in [0.4, 0.5) is 0 Å². The normalized spacial score (nSPS) is 12.7. The van der Waals surface area contributed by atoms with Gasteiger partial charge in [0.15, 0.2) is 0 Å². The Kier molecular flexibility index (Phi) is 2.83. The summed E-state index contributed by atoms with van der Waals surface area (Å²) in [5, 5.41) is 1.08. The van der Waals surface area contributed by atoms with Gasteiger partial charge in [-0.05, 0) is 19.1 Å². The highest BCUT2D eigenvalue weighted by Crippen LogP contribution is 2.18. The summed E-state index contributed by atoms with van der Waals surface area (Å²) in [5.74, 6) is 0.770. The van der Waals surface area contributed by atoms with E-state index in [1.54, 1.807) is 6.20 Å². The summed E-state index contributed by atoms with van der Waals surface area (Å²) in [6, 6.07) is 9.93. The Morgan fingerprint density at radius 1 is 1.40 bits per heavy atom. The minimum absolute atomic E-state index is 0.0213. The van der Waals surface area contributed by atoms with Crippen LogP contribution >= 0.6 is 0 Å². The molecule has 2 N–H and O–H groups in total. The molecule has 0 aliphatic rings. The molecule has 1 aromatic heterocycles. The fourth-order valence-corrected chi connectivity index (χ4v) is 1.40. The average Bonchev–Trinajstić information content (AvgIpc) is 2.29. The lowest BCUT2D eigenvalue weighted by Gasteiger charge is -2.12. The average molecular weight is 202 g/mol. The van der Waals surface area contributed by atoms with Crippen LogP contribution < -0.4 is 10.5 Å². The molecule has 0 saturated heterocycles. The van der Waals surface area contributed by atoms with Gasteiger partial charge in [-0.25, -0.2) is 0 Å². The van der Waals surface area contributed by atoms with Gasteiger partial charge in [-0.1, -0.05) is 18.2 Å². The second-order valence-corrected chi connectivity index (χ2v) is 3.53. The highest BCUT2D eigenvalue weighted by atomic mass is 16.5. The zero-order valence-corrected chi connectivity index (χ0v) is 8.68. The molecule has 0 spiro atoms. The van der Waals surface area contributed by atoms with Crippen LogP contribution in [0.5, 0.6) is 5.75 Å². The quantitative estimate of drug-likeness (QED) is 0.827. The first-order valence-corrected chi connectivity index (χ1v) is 5.01. The SMILES string of the molecule is CC(CN)Oc1cnc2ccccc2c1. The monoisotopic (exact) mass is 202 g/mol. The number of nitrogens with zero attached hydrogens (tertiary/aromatic N) is 1. The first-order chi connectivity index (χ1) is 7.29. The van der Waals surface area contributed by atoms with Crippen molar-refractivity contribution in [3.05, 3.63) is 36.5 Å². The number of hydrogen-bond acceptors (Lipinski definition) is 3. The van der Waals surface area contributed by atoms with Crippen molar-refractivity contribution < 1.29 is 4.74 Å². The molecule has 1 atom stereocenters. The Bertz CT molecular complexity index is 456. The Labute approximate surface area is 88.9 Å². The van der Waals surface area contributed by atoms with Crippen LogP contribution in [0, 0.1) is 0 Å². The van der Waals surface area contributed by atoms with Crippen molar-refractivity contribution >= 4 is 10.9 Å². The summed E-state index contributed by atoms with van der Waals surface area (Å²) in [6.07, 6.45) is 1.75. The van der Waals surface area contributed by atoms with Gasteiger partial charge in [0, 0.05) is 11.9 Å². The van der Waals surface area contributed by atoms with Crippen molar-refractivity contribution in [3.63, 3.8) is 0 Å². The first-order valence-electron chi connectivity index (χ1n) is 5.01. The molecular weight excluding hydrogens is 188 g/mol. The second-order valence-electron chi connectivity index (χ2n) is 3.53. The molecule has 3 heteroatoms. The Hall–Kier alpha value is -1.61. The fraction of sp³-hybridized carbons (Fsp3) is 0.250. The molecule has 0 amide bonds. The molecule has 1 heterocycles. The third kappa shape index (κ3) is 2.25. The van der Waals surface area contributed by atoms with Crippen LogP contribution in [0.1, 0.15) is 6.92 Å². The van der Waals surface area contributed by atoms with E-state index in [1.165, 1.54) is 0 Å². The Morgan fingerprint density at radius 3 is 3.00 bits per heavy atom. The minimum Gasteiger partial charge on any atom is -0.488 e. The van der Waals surface area contributed by atoms with Gasteiger partial charge >= 0.3 is 0 Å².